The van der Waals surface area contributed by atoms with Gasteiger partial charge >= 0.3 is 7.82 Å². The third-order valence-corrected chi connectivity index (χ3v) is 11.2. The summed E-state index contributed by atoms with van der Waals surface area (Å²) in [6, 6.07) is -0.839. The topological polar surface area (TPSA) is 105 Å². The molecule has 0 aliphatic heterocycles. The molecule has 3 atom stereocenters. The molecule has 0 radical (unpaired) electrons. The van der Waals surface area contributed by atoms with Crippen molar-refractivity contribution in [2.45, 2.75) is 225 Å². The van der Waals surface area contributed by atoms with Gasteiger partial charge in [-0.25, -0.2) is 4.57 Å². The summed E-state index contributed by atoms with van der Waals surface area (Å²) in [6.45, 7) is 4.83. The average molecular weight is 774 g/mol. The maximum absolute atomic E-state index is 12.9. The van der Waals surface area contributed by atoms with E-state index in [0.717, 1.165) is 32.1 Å². The third-order valence-electron chi connectivity index (χ3n) is 10.3. The number of nitrogens with one attached hydrogen (secondary N) is 1. The number of nitrogens with zero attached hydrogens (tertiary/aromatic N) is 1. The second-order valence-corrected chi connectivity index (χ2v) is 18.2. The van der Waals surface area contributed by atoms with E-state index in [-0.39, 0.29) is 19.1 Å². The summed E-state index contributed by atoms with van der Waals surface area (Å²) >= 11 is 0. The van der Waals surface area contributed by atoms with Gasteiger partial charge in [0.25, 0.3) is 0 Å². The quantitative estimate of drug-likeness (QED) is 0.0247. The van der Waals surface area contributed by atoms with Gasteiger partial charge in [-0.15, -0.1) is 0 Å². The zero-order valence-corrected chi connectivity index (χ0v) is 36.7. The van der Waals surface area contributed by atoms with Crippen LogP contribution in [0.2, 0.25) is 0 Å². The van der Waals surface area contributed by atoms with Gasteiger partial charge in [-0.1, -0.05) is 199 Å². The molecule has 53 heavy (non-hydrogen) atoms. The van der Waals surface area contributed by atoms with Crippen LogP contribution < -0.4 is 5.32 Å². The van der Waals surface area contributed by atoms with Crippen LogP contribution in [0.15, 0.2) is 12.2 Å². The lowest BCUT2D eigenvalue weighted by atomic mass is 10.0. The van der Waals surface area contributed by atoms with Gasteiger partial charge in [-0.2, -0.15) is 0 Å². The molecule has 8 nitrogen and oxygen atoms in total. The highest BCUT2D eigenvalue weighted by Crippen LogP contribution is 2.43. The van der Waals surface area contributed by atoms with Crippen molar-refractivity contribution in [3.63, 3.8) is 0 Å². The maximum Gasteiger partial charge on any atom is 0.472 e. The number of phosphoric acid groups is 1. The van der Waals surface area contributed by atoms with Gasteiger partial charge in [0.1, 0.15) is 13.2 Å². The Labute approximate surface area is 329 Å². The molecule has 0 aromatic heterocycles. The molecule has 0 saturated heterocycles. The molecule has 9 heteroatoms. The lowest BCUT2D eigenvalue weighted by Crippen LogP contribution is -2.45. The molecule has 0 heterocycles. The van der Waals surface area contributed by atoms with Crippen LogP contribution in [-0.4, -0.2) is 73.4 Å². The van der Waals surface area contributed by atoms with E-state index in [2.05, 4.69) is 19.2 Å². The van der Waals surface area contributed by atoms with Crippen molar-refractivity contribution >= 4 is 13.7 Å². The minimum Gasteiger partial charge on any atom is -0.387 e. The van der Waals surface area contributed by atoms with Crippen LogP contribution in [-0.2, 0) is 18.4 Å². The Morgan fingerprint density at radius 3 is 1.40 bits per heavy atom. The lowest BCUT2D eigenvalue weighted by Gasteiger charge is -2.25. The van der Waals surface area contributed by atoms with Crippen molar-refractivity contribution in [2.24, 2.45) is 0 Å². The molecule has 1 amide bonds. The van der Waals surface area contributed by atoms with E-state index < -0.39 is 20.0 Å². The Kier molecular flexibility index (Phi) is 36.3. The van der Waals surface area contributed by atoms with E-state index in [1.807, 2.05) is 27.2 Å². The molecule has 0 fully saturated rings. The van der Waals surface area contributed by atoms with Gasteiger partial charge in [0.05, 0.1) is 39.9 Å². The van der Waals surface area contributed by atoms with Gasteiger partial charge in [0.2, 0.25) is 5.91 Å². The van der Waals surface area contributed by atoms with Crippen molar-refractivity contribution in [3.8, 4) is 0 Å². The fourth-order valence-electron chi connectivity index (χ4n) is 6.63. The van der Waals surface area contributed by atoms with E-state index >= 15 is 0 Å². The number of unbranched alkanes of at least 4 members (excludes halogenated alkanes) is 28. The largest absolute Gasteiger partial charge is 0.472 e. The number of quaternary nitrogens is 1. The van der Waals surface area contributed by atoms with E-state index in [0.29, 0.717) is 17.4 Å². The summed E-state index contributed by atoms with van der Waals surface area (Å²) < 4.78 is 23.6. The molecular formula is C44H90N2O6P+. The molecule has 0 saturated carbocycles. The smallest absolute Gasteiger partial charge is 0.387 e. The molecule has 0 aromatic rings. The Bertz CT molecular complexity index is 880. The second-order valence-electron chi connectivity index (χ2n) is 16.8. The minimum atomic E-state index is -4.33. The van der Waals surface area contributed by atoms with Crippen molar-refractivity contribution in [1.29, 1.82) is 0 Å². The number of hydrogen-bond acceptors (Lipinski definition) is 5. The fraction of sp³-hybridized carbons (Fsp3) is 0.932. The van der Waals surface area contributed by atoms with Crippen LogP contribution in [0.25, 0.3) is 0 Å². The Morgan fingerprint density at radius 1 is 0.623 bits per heavy atom. The highest BCUT2D eigenvalue weighted by atomic mass is 31.2. The molecule has 0 aliphatic carbocycles. The SMILES string of the molecule is CCCCCCCCCCCCCCC/C=C/[C@@H](O)[C@H](COP(=O)(O)OCC[N+](C)(C)C)NC(=O)CCCCCCCCCCCCCCCCCC. The molecular weight excluding hydrogens is 683 g/mol. The molecule has 0 spiro atoms. The summed E-state index contributed by atoms with van der Waals surface area (Å²) in [6.07, 6.45) is 41.3. The average Bonchev–Trinajstić information content (AvgIpc) is 3.10. The molecule has 0 aromatic carbocycles. The number of allylic oxidation sites excluding steroid dienone is 1. The normalized spacial score (nSPS) is 14.5. The standard InChI is InChI=1S/C44H89N2O6P/c1-6-8-10-12-14-16-18-20-22-24-26-28-30-32-34-36-38-44(48)45-42(41-52-53(49,50)51-40-39-46(3,4)5)43(47)37-35-33-31-29-27-25-23-21-19-17-15-13-11-9-7-2/h35,37,42-43,47H,6-34,36,38-41H2,1-5H3,(H-,45,48,49,50)/p+1/b37-35+/t42-,43+/m0/s1. The first-order valence-electron chi connectivity index (χ1n) is 22.6. The summed E-state index contributed by atoms with van der Waals surface area (Å²) in [5.74, 6) is -0.174. The summed E-state index contributed by atoms with van der Waals surface area (Å²) in [7, 11) is 1.58. The second kappa shape index (κ2) is 36.9. The summed E-state index contributed by atoms with van der Waals surface area (Å²) in [4.78, 5) is 23.1. The number of aliphatic hydroxyl groups excluding tert-OH is 1. The first-order chi connectivity index (χ1) is 25.5. The lowest BCUT2D eigenvalue weighted by molar-refractivity contribution is -0.870. The molecule has 316 valence electrons. The molecule has 1 unspecified atom stereocenters. The zero-order valence-electron chi connectivity index (χ0n) is 35.8. The number of aliphatic hydroxyl groups is 1. The van der Waals surface area contributed by atoms with E-state index in [9.17, 15) is 19.4 Å². The maximum atomic E-state index is 12.9. The van der Waals surface area contributed by atoms with Crippen LogP contribution in [0.3, 0.4) is 0 Å². The molecule has 0 rings (SSSR count). The number of carbonyl (C=O) groups is 1. The first kappa shape index (κ1) is 52.2. The highest BCUT2D eigenvalue weighted by molar-refractivity contribution is 7.47. The monoisotopic (exact) mass is 774 g/mol. The minimum absolute atomic E-state index is 0.0646. The van der Waals surface area contributed by atoms with Gasteiger partial charge in [0, 0.05) is 6.42 Å². The molecule has 3 N–H and O–H groups in total. The van der Waals surface area contributed by atoms with Crippen molar-refractivity contribution in [1.82, 2.24) is 5.32 Å². The van der Waals surface area contributed by atoms with Gasteiger partial charge in [0.15, 0.2) is 0 Å². The number of likely N-dealkylation sites (N-methyl/N-ethyl adjacent to an activating group) is 1. The van der Waals surface area contributed by atoms with Gasteiger partial charge in [-0.3, -0.25) is 13.8 Å². The zero-order chi connectivity index (χ0) is 39.3. The van der Waals surface area contributed by atoms with Crippen LogP contribution in [0.5, 0.6) is 0 Å². The first-order valence-corrected chi connectivity index (χ1v) is 24.1. The van der Waals surface area contributed by atoms with Gasteiger partial charge < -0.3 is 19.8 Å². The predicted octanol–water partition coefficient (Wildman–Crippen LogP) is 12.4. The van der Waals surface area contributed by atoms with E-state index in [1.54, 1.807) is 6.08 Å². The predicted molar refractivity (Wildman–Crippen MR) is 226 cm³/mol. The van der Waals surface area contributed by atoms with E-state index in [4.69, 9.17) is 9.05 Å². The third kappa shape index (κ3) is 39.3. The number of amides is 1. The molecule has 0 bridgehead atoms. The Morgan fingerprint density at radius 2 is 1.00 bits per heavy atom. The summed E-state index contributed by atoms with van der Waals surface area (Å²) in [5.41, 5.74) is 0. The number of hydrogen-bond donors (Lipinski definition) is 3. The van der Waals surface area contributed by atoms with Crippen LogP contribution in [0, 0.1) is 0 Å². The summed E-state index contributed by atoms with van der Waals surface area (Å²) in [5, 5.41) is 13.8. The van der Waals surface area contributed by atoms with Crippen molar-refractivity contribution in [2.75, 3.05) is 40.9 Å². The van der Waals surface area contributed by atoms with Crippen LogP contribution in [0.1, 0.15) is 213 Å². The van der Waals surface area contributed by atoms with Crippen molar-refractivity contribution in [3.05, 3.63) is 12.2 Å². The fourth-order valence-corrected chi connectivity index (χ4v) is 7.37. The highest BCUT2D eigenvalue weighted by Gasteiger charge is 2.27. The van der Waals surface area contributed by atoms with Gasteiger partial charge in [-0.05, 0) is 19.3 Å². The number of rotatable bonds is 41. The number of carbonyl (C=O) groups excluding carboxylic acids is 1. The number of phosphoric ester groups is 1. The van der Waals surface area contributed by atoms with Crippen molar-refractivity contribution < 1.29 is 32.9 Å². The Hall–Kier alpha value is -0.760. The van der Waals surface area contributed by atoms with Crippen LogP contribution >= 0.6 is 7.82 Å². The molecule has 0 aliphatic rings. The van der Waals surface area contributed by atoms with E-state index in [1.165, 1.54) is 161 Å². The van der Waals surface area contributed by atoms with Crippen LogP contribution in [0.4, 0.5) is 0 Å². The Balaban J connectivity index is 4.39.